The van der Waals surface area contributed by atoms with Crippen molar-refractivity contribution >= 4 is 16.7 Å². The normalized spacial score (nSPS) is 14.0. The van der Waals surface area contributed by atoms with E-state index in [2.05, 4.69) is 31.5 Å². The Morgan fingerprint density at radius 1 is 1.12 bits per heavy atom. The number of pyridine rings is 1. The summed E-state index contributed by atoms with van der Waals surface area (Å²) in [5.41, 5.74) is 4.42. The zero-order valence-corrected chi connectivity index (χ0v) is 17.5. The summed E-state index contributed by atoms with van der Waals surface area (Å²) >= 11 is 0. The van der Waals surface area contributed by atoms with E-state index in [4.69, 9.17) is 0 Å². The van der Waals surface area contributed by atoms with Crippen molar-refractivity contribution in [3.8, 4) is 34.2 Å². The second-order valence-electron chi connectivity index (χ2n) is 7.80. The predicted octanol–water partition coefficient (Wildman–Crippen LogP) is 3.73. The Morgan fingerprint density at radius 3 is 2.56 bits per heavy atom. The summed E-state index contributed by atoms with van der Waals surface area (Å²) in [5.74, 6) is -0.837. The van der Waals surface area contributed by atoms with Crippen LogP contribution in [0.25, 0.3) is 33.4 Å². The van der Waals surface area contributed by atoms with Gasteiger partial charge in [0.25, 0.3) is 0 Å². The Hall–Kier alpha value is -3.96. The van der Waals surface area contributed by atoms with Crippen molar-refractivity contribution in [3.05, 3.63) is 59.5 Å². The molecule has 3 N–H and O–H groups in total. The quantitative estimate of drug-likeness (QED) is 0.460. The number of aromatic hydroxyl groups is 1. The Kier molecular flexibility index (Phi) is 4.96. The zero-order chi connectivity index (χ0) is 22.2. The molecule has 7 nitrogen and oxygen atoms in total. The molecule has 3 heterocycles. The van der Waals surface area contributed by atoms with Crippen molar-refractivity contribution < 1.29 is 9.50 Å². The number of aryl methyl sites for hydroxylation is 1. The van der Waals surface area contributed by atoms with E-state index in [1.54, 1.807) is 0 Å². The number of nitrogens with one attached hydrogen (secondary N) is 2. The van der Waals surface area contributed by atoms with E-state index in [9.17, 15) is 14.8 Å². The first-order valence-corrected chi connectivity index (χ1v) is 10.4. The van der Waals surface area contributed by atoms with Crippen molar-refractivity contribution in [2.24, 2.45) is 0 Å². The monoisotopic (exact) mass is 428 g/mol. The molecule has 0 aliphatic carbocycles. The van der Waals surface area contributed by atoms with Gasteiger partial charge in [-0.2, -0.15) is 10.4 Å². The van der Waals surface area contributed by atoms with Crippen LogP contribution in [0.5, 0.6) is 5.75 Å². The molecule has 0 amide bonds. The molecule has 0 bridgehead atoms. The number of nitrogens with zero attached hydrogens (tertiary/aromatic N) is 4. The number of aromatic amines is 1. The molecule has 0 atom stereocenters. The van der Waals surface area contributed by atoms with Gasteiger partial charge in [-0.25, -0.2) is 9.37 Å². The number of phenols is 1. The summed E-state index contributed by atoms with van der Waals surface area (Å²) in [7, 11) is 0. The summed E-state index contributed by atoms with van der Waals surface area (Å²) in [6, 6.07) is 14.1. The van der Waals surface area contributed by atoms with Gasteiger partial charge in [0, 0.05) is 49.1 Å². The van der Waals surface area contributed by atoms with Gasteiger partial charge in [-0.05, 0) is 36.8 Å². The number of benzene rings is 2. The average molecular weight is 428 g/mol. The maximum atomic E-state index is 14.7. The van der Waals surface area contributed by atoms with Crippen molar-refractivity contribution in [1.82, 2.24) is 20.5 Å². The summed E-state index contributed by atoms with van der Waals surface area (Å²) in [6.07, 6.45) is 0. The van der Waals surface area contributed by atoms with Crippen molar-refractivity contribution in [3.63, 3.8) is 0 Å². The van der Waals surface area contributed by atoms with E-state index in [1.807, 2.05) is 31.2 Å². The minimum absolute atomic E-state index is 0.146. The molecule has 1 aliphatic rings. The van der Waals surface area contributed by atoms with Crippen LogP contribution in [0.4, 0.5) is 10.1 Å². The lowest BCUT2D eigenvalue weighted by Crippen LogP contribution is -2.43. The Morgan fingerprint density at radius 2 is 1.88 bits per heavy atom. The molecule has 1 aliphatic heterocycles. The SMILES string of the molecule is Cc1n[nH]c2nc(-c3ccc(O)cc3F)c(C#N)c(-c3ccc(N4CCNCC4)cc3)c12. The van der Waals surface area contributed by atoms with Gasteiger partial charge >= 0.3 is 0 Å². The molecule has 0 unspecified atom stereocenters. The van der Waals surface area contributed by atoms with Gasteiger partial charge in [0.05, 0.1) is 22.3 Å². The molecule has 8 heteroatoms. The number of H-pyrrole nitrogens is 1. The molecule has 2 aromatic carbocycles. The van der Waals surface area contributed by atoms with Crippen LogP contribution >= 0.6 is 0 Å². The highest BCUT2D eigenvalue weighted by Gasteiger charge is 2.23. The number of nitriles is 1. The lowest BCUT2D eigenvalue weighted by molar-refractivity contribution is 0.469. The molecule has 160 valence electrons. The molecule has 4 aromatic rings. The summed E-state index contributed by atoms with van der Waals surface area (Å²) < 4.78 is 14.7. The van der Waals surface area contributed by atoms with Gasteiger partial charge in [-0.15, -0.1) is 0 Å². The molecular formula is C24H21FN6O. The molecular weight excluding hydrogens is 407 g/mol. The van der Waals surface area contributed by atoms with Gasteiger partial charge in [-0.3, -0.25) is 5.10 Å². The third-order valence-electron chi connectivity index (χ3n) is 5.85. The lowest BCUT2D eigenvalue weighted by atomic mass is 9.93. The van der Waals surface area contributed by atoms with Gasteiger partial charge in [-0.1, -0.05) is 12.1 Å². The summed E-state index contributed by atoms with van der Waals surface area (Å²) in [4.78, 5) is 6.84. The molecule has 0 saturated carbocycles. The standard InChI is InChI=1S/C24H21FN6O/c1-14-21-22(15-2-4-16(5-3-15)31-10-8-27-9-11-31)19(13-26)23(28-24(21)30-29-14)18-7-6-17(32)12-20(18)25/h2-7,12,27,32H,8-11H2,1H3,(H,28,29,30). The molecule has 2 aromatic heterocycles. The third kappa shape index (κ3) is 3.33. The Labute approximate surface area is 184 Å². The Bertz CT molecular complexity index is 1350. The maximum absolute atomic E-state index is 14.7. The van der Waals surface area contributed by atoms with Crippen LogP contribution in [0.15, 0.2) is 42.5 Å². The minimum atomic E-state index is -0.649. The number of piperazine rings is 1. The smallest absolute Gasteiger partial charge is 0.156 e. The second kappa shape index (κ2) is 7.94. The Balaban J connectivity index is 1.71. The number of phenolic OH excluding ortho intramolecular Hbond substituents is 1. The number of hydrogen-bond donors (Lipinski definition) is 3. The van der Waals surface area contributed by atoms with Crippen LogP contribution < -0.4 is 10.2 Å². The molecule has 5 rings (SSSR count). The van der Waals surface area contributed by atoms with E-state index < -0.39 is 5.82 Å². The molecule has 32 heavy (non-hydrogen) atoms. The van der Waals surface area contributed by atoms with Crippen LogP contribution in [0, 0.1) is 24.1 Å². The van der Waals surface area contributed by atoms with E-state index in [0.29, 0.717) is 16.9 Å². The average Bonchev–Trinajstić information content (AvgIpc) is 3.19. The number of hydrogen-bond acceptors (Lipinski definition) is 6. The minimum Gasteiger partial charge on any atom is -0.508 e. The third-order valence-corrected chi connectivity index (χ3v) is 5.85. The highest BCUT2D eigenvalue weighted by Crippen LogP contribution is 2.39. The highest BCUT2D eigenvalue weighted by molar-refractivity contribution is 6.00. The van der Waals surface area contributed by atoms with Crippen LogP contribution in [-0.2, 0) is 0 Å². The number of aromatic nitrogens is 3. The topological polar surface area (TPSA) is 101 Å². The van der Waals surface area contributed by atoms with Crippen molar-refractivity contribution in [1.29, 1.82) is 5.26 Å². The van der Waals surface area contributed by atoms with Crippen LogP contribution in [0.3, 0.4) is 0 Å². The van der Waals surface area contributed by atoms with E-state index >= 15 is 0 Å². The first kappa shape index (κ1) is 20.0. The lowest BCUT2D eigenvalue weighted by Gasteiger charge is -2.29. The fourth-order valence-corrected chi connectivity index (χ4v) is 4.26. The zero-order valence-electron chi connectivity index (χ0n) is 17.5. The van der Waals surface area contributed by atoms with E-state index in [-0.39, 0.29) is 22.6 Å². The highest BCUT2D eigenvalue weighted by atomic mass is 19.1. The molecule has 1 saturated heterocycles. The van der Waals surface area contributed by atoms with Gasteiger partial charge in [0.2, 0.25) is 0 Å². The number of fused-ring (bicyclic) bond motifs is 1. The molecule has 0 spiro atoms. The van der Waals surface area contributed by atoms with Gasteiger partial charge in [0.15, 0.2) is 5.65 Å². The number of anilines is 1. The first-order chi connectivity index (χ1) is 15.6. The first-order valence-electron chi connectivity index (χ1n) is 10.4. The van der Waals surface area contributed by atoms with Crippen LogP contribution in [0.2, 0.25) is 0 Å². The van der Waals surface area contributed by atoms with E-state index in [1.165, 1.54) is 12.1 Å². The molecule has 1 fully saturated rings. The predicted molar refractivity (Wildman–Crippen MR) is 121 cm³/mol. The summed E-state index contributed by atoms with van der Waals surface area (Å²) in [6.45, 7) is 5.62. The fraction of sp³-hybridized carbons (Fsp3) is 0.208. The largest absolute Gasteiger partial charge is 0.508 e. The van der Waals surface area contributed by atoms with Crippen LogP contribution in [0.1, 0.15) is 11.3 Å². The number of rotatable bonds is 3. The second-order valence-corrected chi connectivity index (χ2v) is 7.80. The summed E-state index contributed by atoms with van der Waals surface area (Å²) in [5, 5.41) is 31.0. The van der Waals surface area contributed by atoms with Crippen molar-refractivity contribution in [2.45, 2.75) is 6.92 Å². The fourth-order valence-electron chi connectivity index (χ4n) is 4.26. The maximum Gasteiger partial charge on any atom is 0.156 e. The molecule has 0 radical (unpaired) electrons. The number of halogens is 1. The van der Waals surface area contributed by atoms with Crippen LogP contribution in [-0.4, -0.2) is 46.5 Å². The van der Waals surface area contributed by atoms with Gasteiger partial charge < -0.3 is 15.3 Å². The van der Waals surface area contributed by atoms with Gasteiger partial charge in [0.1, 0.15) is 17.6 Å². The van der Waals surface area contributed by atoms with Crippen molar-refractivity contribution in [2.75, 3.05) is 31.1 Å². The van der Waals surface area contributed by atoms with E-state index in [0.717, 1.165) is 48.9 Å².